The first-order chi connectivity index (χ1) is 35.7. The lowest BCUT2D eigenvalue weighted by atomic mass is 9.67. The zero-order valence-electron chi connectivity index (χ0n) is 40.5. The Bertz CT molecular complexity index is 3650. The standard InChI is InChI=1S/C71H55N/c1-7-23-50(24-8-1)55-47-66(53-29-13-4-14-30-53)70-65-44-43-59(49-67(65)71(68(70)48-55,56-31-15-5-16-32-56)57-33-17-6-18-34-57)72(69-38-22-21-35-62(69)52-27-11-3-12-28-52)58-41-39-54(40-42-58)61-46-45-60(51-25-9-2-10-26-51)63-36-19-20-37-64(61)63/h1-3,5-12,15-28,31-49,53H,4,13-14,29-30H2. The molecule has 0 radical (unpaired) electrons. The molecule has 0 bridgehead atoms. The van der Waals surface area contributed by atoms with Gasteiger partial charge in [0.15, 0.2) is 0 Å². The molecule has 1 saturated carbocycles. The van der Waals surface area contributed by atoms with E-state index in [9.17, 15) is 0 Å². The normalized spacial score (nSPS) is 13.9. The van der Waals surface area contributed by atoms with Crippen molar-refractivity contribution in [1.82, 2.24) is 0 Å². The van der Waals surface area contributed by atoms with Gasteiger partial charge < -0.3 is 4.90 Å². The summed E-state index contributed by atoms with van der Waals surface area (Å²) in [5.74, 6) is 0.491. The van der Waals surface area contributed by atoms with Crippen LogP contribution in [0.2, 0.25) is 0 Å². The monoisotopic (exact) mass is 921 g/mol. The molecular weight excluding hydrogens is 867 g/mol. The van der Waals surface area contributed by atoms with Crippen molar-refractivity contribution in [2.24, 2.45) is 0 Å². The Morgan fingerprint density at radius 2 is 0.792 bits per heavy atom. The van der Waals surface area contributed by atoms with Crippen LogP contribution >= 0.6 is 0 Å². The molecule has 11 aromatic rings. The van der Waals surface area contributed by atoms with Crippen molar-refractivity contribution in [3.8, 4) is 55.6 Å². The highest BCUT2D eigenvalue weighted by molar-refractivity contribution is 6.05. The molecule has 2 aliphatic rings. The van der Waals surface area contributed by atoms with E-state index in [1.54, 1.807) is 0 Å². The molecule has 0 saturated heterocycles. The van der Waals surface area contributed by atoms with Crippen molar-refractivity contribution >= 4 is 27.8 Å². The van der Waals surface area contributed by atoms with Crippen LogP contribution in [0, 0.1) is 0 Å². The minimum absolute atomic E-state index is 0.491. The molecule has 0 aliphatic heterocycles. The molecule has 0 aromatic heterocycles. The van der Waals surface area contributed by atoms with Crippen molar-refractivity contribution in [2.75, 3.05) is 4.90 Å². The quantitative estimate of drug-likeness (QED) is 0.132. The smallest absolute Gasteiger partial charge is 0.0714 e. The number of para-hydroxylation sites is 1. The zero-order valence-corrected chi connectivity index (χ0v) is 40.5. The van der Waals surface area contributed by atoms with E-state index in [1.807, 2.05) is 0 Å². The molecule has 2 aliphatic carbocycles. The van der Waals surface area contributed by atoms with Gasteiger partial charge in [-0.1, -0.05) is 250 Å². The van der Waals surface area contributed by atoms with Gasteiger partial charge in [0.2, 0.25) is 0 Å². The summed E-state index contributed by atoms with van der Waals surface area (Å²) in [5, 5.41) is 2.50. The fourth-order valence-electron chi connectivity index (χ4n) is 12.5. The average molecular weight is 922 g/mol. The summed E-state index contributed by atoms with van der Waals surface area (Å²) in [6.45, 7) is 0. The molecule has 0 amide bonds. The Kier molecular flexibility index (Phi) is 11.3. The molecule has 0 spiro atoms. The molecule has 344 valence electrons. The first-order valence-electron chi connectivity index (χ1n) is 25.9. The first kappa shape index (κ1) is 43.5. The fourth-order valence-corrected chi connectivity index (χ4v) is 12.5. The van der Waals surface area contributed by atoms with Crippen LogP contribution in [0.15, 0.2) is 267 Å². The first-order valence-corrected chi connectivity index (χ1v) is 25.9. The Labute approximate surface area is 424 Å². The van der Waals surface area contributed by atoms with Crippen molar-refractivity contribution in [1.29, 1.82) is 0 Å². The molecule has 0 unspecified atom stereocenters. The van der Waals surface area contributed by atoms with E-state index in [0.717, 1.165) is 17.1 Å². The lowest BCUT2D eigenvalue weighted by molar-refractivity contribution is 0.444. The van der Waals surface area contributed by atoms with E-state index < -0.39 is 5.41 Å². The molecule has 1 heteroatoms. The van der Waals surface area contributed by atoms with Gasteiger partial charge in [-0.15, -0.1) is 0 Å². The minimum atomic E-state index is -0.598. The van der Waals surface area contributed by atoms with E-state index in [-0.39, 0.29) is 0 Å². The summed E-state index contributed by atoms with van der Waals surface area (Å²) >= 11 is 0. The van der Waals surface area contributed by atoms with Gasteiger partial charge >= 0.3 is 0 Å². The van der Waals surface area contributed by atoms with E-state index in [0.29, 0.717) is 5.92 Å². The minimum Gasteiger partial charge on any atom is -0.310 e. The van der Waals surface area contributed by atoms with E-state index in [1.165, 1.54) is 126 Å². The van der Waals surface area contributed by atoms with Crippen LogP contribution in [-0.2, 0) is 5.41 Å². The number of nitrogens with zero attached hydrogens (tertiary/aromatic N) is 1. The van der Waals surface area contributed by atoms with E-state index in [2.05, 4.69) is 272 Å². The summed E-state index contributed by atoms with van der Waals surface area (Å²) < 4.78 is 0. The van der Waals surface area contributed by atoms with Gasteiger partial charge in [0.25, 0.3) is 0 Å². The van der Waals surface area contributed by atoms with Crippen molar-refractivity contribution in [2.45, 2.75) is 43.4 Å². The number of rotatable bonds is 10. The van der Waals surface area contributed by atoms with Crippen LogP contribution in [0.5, 0.6) is 0 Å². The second kappa shape index (κ2) is 18.7. The number of benzene rings is 11. The molecule has 1 nitrogen and oxygen atoms in total. The predicted octanol–water partition coefficient (Wildman–Crippen LogP) is 19.4. The van der Waals surface area contributed by atoms with Crippen LogP contribution in [0.3, 0.4) is 0 Å². The molecule has 1 fully saturated rings. The van der Waals surface area contributed by atoms with Gasteiger partial charge in [0.05, 0.1) is 11.1 Å². The summed E-state index contributed by atoms with van der Waals surface area (Å²) in [4.78, 5) is 2.50. The maximum atomic E-state index is 2.57. The van der Waals surface area contributed by atoms with Gasteiger partial charge in [-0.05, 0) is 144 Å². The highest BCUT2D eigenvalue weighted by atomic mass is 15.1. The maximum absolute atomic E-state index is 2.57. The van der Waals surface area contributed by atoms with Crippen LogP contribution in [-0.4, -0.2) is 0 Å². The third-order valence-corrected chi connectivity index (χ3v) is 15.7. The summed E-state index contributed by atoms with van der Waals surface area (Å²) in [6, 6.07) is 99.6. The van der Waals surface area contributed by atoms with Crippen molar-refractivity contribution in [3.05, 3.63) is 295 Å². The van der Waals surface area contributed by atoms with Gasteiger partial charge in [0.1, 0.15) is 0 Å². The zero-order chi connectivity index (χ0) is 47.8. The van der Waals surface area contributed by atoms with Crippen molar-refractivity contribution < 1.29 is 0 Å². The van der Waals surface area contributed by atoms with Crippen LogP contribution in [0.25, 0.3) is 66.4 Å². The molecular formula is C71H55N. The number of hydrogen-bond donors (Lipinski definition) is 0. The van der Waals surface area contributed by atoms with Crippen LogP contribution in [0.1, 0.15) is 65.8 Å². The van der Waals surface area contributed by atoms with Gasteiger partial charge in [-0.3, -0.25) is 0 Å². The SMILES string of the molecule is c1ccc(-c2cc(C3CCCCC3)c3c(c2)C(c2ccccc2)(c2ccccc2)c2cc(N(c4ccc(-c5ccc(-c6ccccc6)c6ccccc56)cc4)c4ccccc4-c4ccccc4)ccc2-3)cc1. The third kappa shape index (κ3) is 7.47. The Hall–Kier alpha value is -8.52. The van der Waals surface area contributed by atoms with Crippen LogP contribution in [0.4, 0.5) is 17.1 Å². The highest BCUT2D eigenvalue weighted by Gasteiger charge is 2.48. The lowest BCUT2D eigenvalue weighted by Gasteiger charge is -2.35. The lowest BCUT2D eigenvalue weighted by Crippen LogP contribution is -2.29. The largest absolute Gasteiger partial charge is 0.310 e. The molecule has 0 atom stereocenters. The molecule has 0 N–H and O–H groups in total. The summed E-state index contributed by atoms with van der Waals surface area (Å²) in [6.07, 6.45) is 6.29. The molecule has 11 aromatic carbocycles. The van der Waals surface area contributed by atoms with E-state index in [4.69, 9.17) is 0 Å². The second-order valence-corrected chi connectivity index (χ2v) is 19.7. The van der Waals surface area contributed by atoms with Gasteiger partial charge in [0, 0.05) is 16.9 Å². The highest BCUT2D eigenvalue weighted by Crippen LogP contribution is 2.60. The molecule has 13 rings (SSSR count). The summed E-state index contributed by atoms with van der Waals surface area (Å²) in [7, 11) is 0. The topological polar surface area (TPSA) is 3.24 Å². The maximum Gasteiger partial charge on any atom is 0.0714 e. The van der Waals surface area contributed by atoms with Crippen molar-refractivity contribution in [3.63, 3.8) is 0 Å². The predicted molar refractivity (Wildman–Crippen MR) is 304 cm³/mol. The third-order valence-electron chi connectivity index (χ3n) is 15.7. The second-order valence-electron chi connectivity index (χ2n) is 19.7. The Morgan fingerprint density at radius 1 is 0.319 bits per heavy atom. The number of anilines is 3. The Balaban J connectivity index is 1.05. The Morgan fingerprint density at radius 3 is 1.39 bits per heavy atom. The summed E-state index contributed by atoms with van der Waals surface area (Å²) in [5.41, 5.74) is 22.0. The van der Waals surface area contributed by atoms with Crippen LogP contribution < -0.4 is 4.90 Å². The molecule has 72 heavy (non-hydrogen) atoms. The number of fused-ring (bicyclic) bond motifs is 4. The fraction of sp³-hybridized carbons (Fsp3) is 0.0986. The van der Waals surface area contributed by atoms with Gasteiger partial charge in [-0.25, -0.2) is 0 Å². The molecule has 0 heterocycles. The number of hydrogen-bond acceptors (Lipinski definition) is 1. The van der Waals surface area contributed by atoms with E-state index >= 15 is 0 Å². The average Bonchev–Trinajstić information content (AvgIpc) is 3.77. The van der Waals surface area contributed by atoms with Gasteiger partial charge in [-0.2, -0.15) is 0 Å².